The number of rotatable bonds is 6. The number of hydrogen-bond acceptors (Lipinski definition) is 5. The lowest BCUT2D eigenvalue weighted by Gasteiger charge is -2.13. The highest BCUT2D eigenvalue weighted by Crippen LogP contribution is 2.27. The summed E-state index contributed by atoms with van der Waals surface area (Å²) in [6, 6.07) is 11.3. The van der Waals surface area contributed by atoms with Gasteiger partial charge in [0.1, 0.15) is 17.2 Å². The molecule has 0 unspecified atom stereocenters. The number of nitrogens with two attached hydrogens (primary N) is 1. The van der Waals surface area contributed by atoms with Gasteiger partial charge in [0.05, 0.1) is 21.3 Å². The third-order valence-electron chi connectivity index (χ3n) is 3.14. The third kappa shape index (κ3) is 3.72. The number of anilines is 2. The van der Waals surface area contributed by atoms with Gasteiger partial charge in [0.15, 0.2) is 0 Å². The highest BCUT2D eigenvalue weighted by molar-refractivity contribution is 5.59. The van der Waals surface area contributed by atoms with Crippen molar-refractivity contribution in [2.75, 3.05) is 32.4 Å². The van der Waals surface area contributed by atoms with Crippen molar-refractivity contribution in [1.82, 2.24) is 0 Å². The Hall–Kier alpha value is -2.56. The molecular formula is C16H20N2O3. The van der Waals surface area contributed by atoms with Gasteiger partial charge in [0, 0.05) is 41.7 Å². The first-order chi connectivity index (χ1) is 10.2. The molecule has 2 rings (SSSR count). The van der Waals surface area contributed by atoms with Crippen LogP contribution in [0.25, 0.3) is 0 Å². The Morgan fingerprint density at radius 1 is 0.905 bits per heavy atom. The molecule has 0 fully saturated rings. The molecule has 0 aliphatic rings. The minimum atomic E-state index is 0.611. The average molecular weight is 288 g/mol. The van der Waals surface area contributed by atoms with Crippen LogP contribution in [0.2, 0.25) is 0 Å². The largest absolute Gasteiger partial charge is 0.497 e. The van der Waals surface area contributed by atoms with Crippen LogP contribution in [0.1, 0.15) is 5.56 Å². The normalized spacial score (nSPS) is 10.0. The van der Waals surface area contributed by atoms with E-state index in [-0.39, 0.29) is 0 Å². The highest BCUT2D eigenvalue weighted by Gasteiger charge is 2.06. The molecule has 0 amide bonds. The van der Waals surface area contributed by atoms with Crippen LogP contribution in [0, 0.1) is 0 Å². The average Bonchev–Trinajstić information content (AvgIpc) is 2.52. The summed E-state index contributed by atoms with van der Waals surface area (Å²) in [6.45, 7) is 0.611. The summed E-state index contributed by atoms with van der Waals surface area (Å²) >= 11 is 0. The van der Waals surface area contributed by atoms with Gasteiger partial charge in [-0.3, -0.25) is 0 Å². The molecule has 5 nitrogen and oxygen atoms in total. The minimum absolute atomic E-state index is 0.611. The molecule has 3 N–H and O–H groups in total. The summed E-state index contributed by atoms with van der Waals surface area (Å²) in [4.78, 5) is 0. The number of nitrogen functional groups attached to an aromatic ring is 1. The second kappa shape index (κ2) is 6.74. The fourth-order valence-corrected chi connectivity index (χ4v) is 2.04. The smallest absolute Gasteiger partial charge is 0.127 e. The zero-order valence-electron chi connectivity index (χ0n) is 12.5. The van der Waals surface area contributed by atoms with Crippen LogP contribution in [-0.4, -0.2) is 21.3 Å². The van der Waals surface area contributed by atoms with Crippen molar-refractivity contribution >= 4 is 11.4 Å². The van der Waals surface area contributed by atoms with Crippen LogP contribution < -0.4 is 25.3 Å². The molecule has 0 aromatic heterocycles. The van der Waals surface area contributed by atoms with Gasteiger partial charge in [0.2, 0.25) is 0 Å². The molecule has 2 aromatic carbocycles. The lowest BCUT2D eigenvalue weighted by molar-refractivity contribution is 0.391. The first-order valence-corrected chi connectivity index (χ1v) is 6.55. The van der Waals surface area contributed by atoms with Crippen molar-refractivity contribution in [3.63, 3.8) is 0 Å². The van der Waals surface area contributed by atoms with Gasteiger partial charge in [-0.1, -0.05) is 0 Å². The second-order valence-electron chi connectivity index (χ2n) is 4.53. The SMILES string of the molecule is COc1cc(N)cc(NCc2ccc(OC)cc2OC)c1. The quantitative estimate of drug-likeness (QED) is 0.800. The zero-order valence-corrected chi connectivity index (χ0v) is 12.5. The first kappa shape index (κ1) is 14.8. The first-order valence-electron chi connectivity index (χ1n) is 6.55. The molecule has 0 spiro atoms. The van der Waals surface area contributed by atoms with Crippen LogP contribution in [0.15, 0.2) is 36.4 Å². The van der Waals surface area contributed by atoms with E-state index in [0.717, 1.165) is 28.5 Å². The van der Waals surface area contributed by atoms with Crippen molar-refractivity contribution in [2.45, 2.75) is 6.54 Å². The van der Waals surface area contributed by atoms with E-state index in [0.29, 0.717) is 12.2 Å². The number of nitrogens with one attached hydrogen (secondary N) is 1. The number of benzene rings is 2. The van der Waals surface area contributed by atoms with E-state index in [1.165, 1.54) is 0 Å². The number of ether oxygens (including phenoxy) is 3. The van der Waals surface area contributed by atoms with Crippen molar-refractivity contribution in [3.8, 4) is 17.2 Å². The van der Waals surface area contributed by atoms with E-state index in [1.54, 1.807) is 27.4 Å². The van der Waals surface area contributed by atoms with E-state index in [1.807, 2.05) is 30.3 Å². The van der Waals surface area contributed by atoms with Gasteiger partial charge in [-0.05, 0) is 18.2 Å². The molecule has 0 saturated heterocycles. The molecule has 0 radical (unpaired) electrons. The van der Waals surface area contributed by atoms with Crippen LogP contribution in [0.4, 0.5) is 11.4 Å². The summed E-state index contributed by atoms with van der Waals surface area (Å²) in [7, 11) is 4.89. The summed E-state index contributed by atoms with van der Waals surface area (Å²) in [5.74, 6) is 2.26. The molecule has 0 heterocycles. The Morgan fingerprint density at radius 2 is 1.67 bits per heavy atom. The Morgan fingerprint density at radius 3 is 2.33 bits per heavy atom. The standard InChI is InChI=1S/C16H20N2O3/c1-19-14-5-4-11(16(9-14)21-3)10-18-13-6-12(17)7-15(8-13)20-2/h4-9,18H,10,17H2,1-3H3. The maximum atomic E-state index is 5.84. The lowest BCUT2D eigenvalue weighted by Crippen LogP contribution is -2.03. The molecule has 112 valence electrons. The predicted octanol–water partition coefficient (Wildman–Crippen LogP) is 2.91. The van der Waals surface area contributed by atoms with Gasteiger partial charge in [-0.25, -0.2) is 0 Å². The van der Waals surface area contributed by atoms with E-state index in [4.69, 9.17) is 19.9 Å². The molecule has 2 aromatic rings. The van der Waals surface area contributed by atoms with E-state index in [2.05, 4.69) is 5.32 Å². The Balaban J connectivity index is 2.14. The van der Waals surface area contributed by atoms with Crippen LogP contribution in [0.3, 0.4) is 0 Å². The maximum absolute atomic E-state index is 5.84. The Kier molecular flexibility index (Phi) is 4.77. The summed E-state index contributed by atoms with van der Waals surface area (Å²) in [6.07, 6.45) is 0. The van der Waals surface area contributed by atoms with E-state index < -0.39 is 0 Å². The maximum Gasteiger partial charge on any atom is 0.127 e. The fraction of sp³-hybridized carbons (Fsp3) is 0.250. The topological polar surface area (TPSA) is 65.7 Å². The highest BCUT2D eigenvalue weighted by atomic mass is 16.5. The van der Waals surface area contributed by atoms with Crippen LogP contribution >= 0.6 is 0 Å². The predicted molar refractivity (Wildman–Crippen MR) is 84.3 cm³/mol. The molecule has 21 heavy (non-hydrogen) atoms. The van der Waals surface area contributed by atoms with Crippen molar-refractivity contribution < 1.29 is 14.2 Å². The number of methoxy groups -OCH3 is 3. The molecule has 0 bridgehead atoms. The van der Waals surface area contributed by atoms with Gasteiger partial charge < -0.3 is 25.3 Å². The van der Waals surface area contributed by atoms with Crippen molar-refractivity contribution in [2.24, 2.45) is 0 Å². The van der Waals surface area contributed by atoms with Crippen molar-refractivity contribution in [1.29, 1.82) is 0 Å². The number of hydrogen-bond donors (Lipinski definition) is 2. The zero-order chi connectivity index (χ0) is 15.2. The Labute approximate surface area is 124 Å². The van der Waals surface area contributed by atoms with Gasteiger partial charge in [0.25, 0.3) is 0 Å². The van der Waals surface area contributed by atoms with Gasteiger partial charge in [-0.2, -0.15) is 0 Å². The molecular weight excluding hydrogens is 268 g/mol. The Bertz CT molecular complexity index is 614. The van der Waals surface area contributed by atoms with E-state index in [9.17, 15) is 0 Å². The fourth-order valence-electron chi connectivity index (χ4n) is 2.04. The second-order valence-corrected chi connectivity index (χ2v) is 4.53. The molecule has 0 aliphatic carbocycles. The molecule has 5 heteroatoms. The van der Waals surface area contributed by atoms with Gasteiger partial charge >= 0.3 is 0 Å². The minimum Gasteiger partial charge on any atom is -0.497 e. The van der Waals surface area contributed by atoms with Crippen LogP contribution in [0.5, 0.6) is 17.2 Å². The molecule has 0 atom stereocenters. The van der Waals surface area contributed by atoms with Crippen molar-refractivity contribution in [3.05, 3.63) is 42.0 Å². The van der Waals surface area contributed by atoms with Gasteiger partial charge in [-0.15, -0.1) is 0 Å². The third-order valence-corrected chi connectivity index (χ3v) is 3.14. The summed E-state index contributed by atoms with van der Waals surface area (Å²) in [5, 5.41) is 3.31. The lowest BCUT2D eigenvalue weighted by atomic mass is 10.1. The summed E-state index contributed by atoms with van der Waals surface area (Å²) < 4.78 is 15.8. The van der Waals surface area contributed by atoms with Crippen LogP contribution in [-0.2, 0) is 6.54 Å². The molecule has 0 aliphatic heterocycles. The summed E-state index contributed by atoms with van der Waals surface area (Å²) in [5.41, 5.74) is 8.41. The molecule has 0 saturated carbocycles. The van der Waals surface area contributed by atoms with E-state index >= 15 is 0 Å². The monoisotopic (exact) mass is 288 g/mol.